The molecule has 1 unspecified atom stereocenters. The molecule has 0 amide bonds. The highest BCUT2D eigenvalue weighted by Crippen LogP contribution is 2.29. The Hall–Kier alpha value is -1.22. The van der Waals surface area contributed by atoms with E-state index in [0.717, 1.165) is 18.5 Å². The molecule has 0 bridgehead atoms. The molecule has 138 valence electrons. The summed E-state index contributed by atoms with van der Waals surface area (Å²) >= 11 is 0. The average molecular weight is 451 g/mol. The van der Waals surface area contributed by atoms with Crippen molar-refractivity contribution in [1.82, 2.24) is 0 Å². The standard InChI is InChI=1S/C17H29N3O3.HI/c1-12(2)9-13(7-8-21)11-19-17(18)20-14-5-6-15(22-3)16(10-14)23-4;/h5-6,10,12-13,21H,7-9,11H2,1-4H3,(H3,18,19,20);1H. The smallest absolute Gasteiger partial charge is 0.193 e. The van der Waals surface area contributed by atoms with Crippen molar-refractivity contribution in [3.05, 3.63) is 18.2 Å². The number of nitrogens with zero attached hydrogens (tertiary/aromatic N) is 1. The van der Waals surface area contributed by atoms with E-state index in [4.69, 9.17) is 20.3 Å². The fourth-order valence-electron chi connectivity index (χ4n) is 2.46. The van der Waals surface area contributed by atoms with Gasteiger partial charge in [-0.1, -0.05) is 13.8 Å². The predicted molar refractivity (Wildman–Crippen MR) is 110 cm³/mol. The number of benzene rings is 1. The van der Waals surface area contributed by atoms with Crippen LogP contribution in [0.3, 0.4) is 0 Å². The molecule has 1 aromatic rings. The first-order valence-corrected chi connectivity index (χ1v) is 7.90. The maximum Gasteiger partial charge on any atom is 0.193 e. The van der Waals surface area contributed by atoms with Gasteiger partial charge in [0.15, 0.2) is 17.5 Å². The van der Waals surface area contributed by atoms with Crippen LogP contribution in [0.4, 0.5) is 5.69 Å². The average Bonchev–Trinajstić information content (AvgIpc) is 2.52. The number of aliphatic hydroxyl groups is 1. The number of hydrogen-bond acceptors (Lipinski definition) is 4. The van der Waals surface area contributed by atoms with E-state index in [2.05, 4.69) is 24.2 Å². The highest BCUT2D eigenvalue weighted by atomic mass is 127. The molecule has 7 heteroatoms. The van der Waals surface area contributed by atoms with Crippen LogP contribution in [0.15, 0.2) is 23.2 Å². The van der Waals surface area contributed by atoms with E-state index in [-0.39, 0.29) is 30.6 Å². The van der Waals surface area contributed by atoms with E-state index < -0.39 is 0 Å². The SMILES string of the molecule is COc1ccc(NC(N)=NCC(CCO)CC(C)C)cc1OC.I. The lowest BCUT2D eigenvalue weighted by atomic mass is 9.94. The summed E-state index contributed by atoms with van der Waals surface area (Å²) in [5.74, 6) is 2.55. The summed E-state index contributed by atoms with van der Waals surface area (Å²) in [5.41, 5.74) is 6.73. The van der Waals surface area contributed by atoms with Crippen molar-refractivity contribution in [2.75, 3.05) is 32.7 Å². The van der Waals surface area contributed by atoms with E-state index >= 15 is 0 Å². The van der Waals surface area contributed by atoms with Crippen molar-refractivity contribution in [1.29, 1.82) is 0 Å². The Balaban J connectivity index is 0.00000529. The van der Waals surface area contributed by atoms with Crippen LogP contribution < -0.4 is 20.5 Å². The van der Waals surface area contributed by atoms with Gasteiger partial charge in [0.25, 0.3) is 0 Å². The lowest BCUT2D eigenvalue weighted by molar-refractivity contribution is 0.246. The molecule has 0 aliphatic carbocycles. The number of methoxy groups -OCH3 is 2. The van der Waals surface area contributed by atoms with Crippen molar-refractivity contribution in [3.63, 3.8) is 0 Å². The predicted octanol–water partition coefficient (Wildman–Crippen LogP) is 3.09. The van der Waals surface area contributed by atoms with Crippen LogP contribution in [0.1, 0.15) is 26.7 Å². The van der Waals surface area contributed by atoms with Crippen LogP contribution in [0.5, 0.6) is 11.5 Å². The summed E-state index contributed by atoms with van der Waals surface area (Å²) in [6.07, 6.45) is 1.76. The van der Waals surface area contributed by atoms with Crippen LogP contribution >= 0.6 is 24.0 Å². The Kier molecular flexibility index (Phi) is 11.6. The molecule has 0 spiro atoms. The first-order chi connectivity index (χ1) is 11.0. The van der Waals surface area contributed by atoms with Gasteiger partial charge >= 0.3 is 0 Å². The maximum atomic E-state index is 9.14. The molecule has 0 radical (unpaired) electrons. The zero-order valence-electron chi connectivity index (χ0n) is 14.9. The van der Waals surface area contributed by atoms with Crippen LogP contribution in [0, 0.1) is 11.8 Å². The molecule has 0 saturated heterocycles. The highest BCUT2D eigenvalue weighted by molar-refractivity contribution is 14.0. The number of halogens is 1. The number of anilines is 1. The number of hydrogen-bond donors (Lipinski definition) is 3. The van der Waals surface area contributed by atoms with Crippen molar-refractivity contribution < 1.29 is 14.6 Å². The van der Waals surface area contributed by atoms with Gasteiger partial charge in [-0.15, -0.1) is 24.0 Å². The first kappa shape index (κ1) is 22.8. The number of guanidine groups is 1. The molecule has 1 atom stereocenters. The fourth-order valence-corrected chi connectivity index (χ4v) is 2.46. The van der Waals surface area contributed by atoms with Gasteiger partial charge in [0.2, 0.25) is 0 Å². The van der Waals surface area contributed by atoms with Gasteiger partial charge in [0.1, 0.15) is 0 Å². The Labute approximate surface area is 161 Å². The Bertz CT molecular complexity index is 510. The zero-order valence-corrected chi connectivity index (χ0v) is 17.2. The van der Waals surface area contributed by atoms with E-state index in [1.165, 1.54) is 0 Å². The minimum Gasteiger partial charge on any atom is -0.493 e. The van der Waals surface area contributed by atoms with Crippen LogP contribution in [-0.4, -0.2) is 38.4 Å². The Morgan fingerprint density at radius 3 is 2.46 bits per heavy atom. The van der Waals surface area contributed by atoms with Crippen LogP contribution in [-0.2, 0) is 0 Å². The van der Waals surface area contributed by atoms with Gasteiger partial charge in [0, 0.05) is 24.9 Å². The van der Waals surface area contributed by atoms with Crippen molar-refractivity contribution in [3.8, 4) is 11.5 Å². The summed E-state index contributed by atoms with van der Waals surface area (Å²) < 4.78 is 10.5. The Morgan fingerprint density at radius 1 is 1.25 bits per heavy atom. The molecule has 0 aromatic heterocycles. The molecule has 1 aromatic carbocycles. The van der Waals surface area contributed by atoms with E-state index in [1.54, 1.807) is 20.3 Å². The van der Waals surface area contributed by atoms with E-state index in [1.807, 2.05) is 12.1 Å². The zero-order chi connectivity index (χ0) is 17.2. The van der Waals surface area contributed by atoms with Gasteiger partial charge in [-0.25, -0.2) is 0 Å². The van der Waals surface area contributed by atoms with Gasteiger partial charge < -0.3 is 25.6 Å². The van der Waals surface area contributed by atoms with Crippen molar-refractivity contribution >= 4 is 35.6 Å². The molecule has 0 heterocycles. The summed E-state index contributed by atoms with van der Waals surface area (Å²) in [4.78, 5) is 4.39. The second-order valence-corrected chi connectivity index (χ2v) is 5.93. The highest BCUT2D eigenvalue weighted by Gasteiger charge is 2.10. The lowest BCUT2D eigenvalue weighted by Crippen LogP contribution is -2.24. The monoisotopic (exact) mass is 451 g/mol. The van der Waals surface area contributed by atoms with Gasteiger partial charge in [-0.05, 0) is 36.8 Å². The van der Waals surface area contributed by atoms with Crippen LogP contribution in [0.25, 0.3) is 0 Å². The second-order valence-electron chi connectivity index (χ2n) is 5.93. The lowest BCUT2D eigenvalue weighted by Gasteiger charge is -2.16. The summed E-state index contributed by atoms with van der Waals surface area (Å²) in [5, 5.41) is 12.2. The molecule has 0 aliphatic rings. The molecule has 6 nitrogen and oxygen atoms in total. The number of aliphatic imine (C=N–C) groups is 1. The number of ether oxygens (including phenoxy) is 2. The van der Waals surface area contributed by atoms with Gasteiger partial charge in [-0.3, -0.25) is 4.99 Å². The third-order valence-corrected chi connectivity index (χ3v) is 3.52. The second kappa shape index (κ2) is 12.2. The molecule has 0 fully saturated rings. The molecule has 4 N–H and O–H groups in total. The molecule has 0 aliphatic heterocycles. The van der Waals surface area contributed by atoms with E-state index in [9.17, 15) is 0 Å². The van der Waals surface area contributed by atoms with E-state index in [0.29, 0.717) is 35.8 Å². The number of rotatable bonds is 9. The number of nitrogens with one attached hydrogen (secondary N) is 1. The Morgan fingerprint density at radius 2 is 1.92 bits per heavy atom. The molecule has 24 heavy (non-hydrogen) atoms. The third kappa shape index (κ3) is 8.05. The van der Waals surface area contributed by atoms with Gasteiger partial charge in [-0.2, -0.15) is 0 Å². The van der Waals surface area contributed by atoms with Crippen molar-refractivity contribution in [2.24, 2.45) is 22.6 Å². The molecule has 1 rings (SSSR count). The summed E-state index contributed by atoms with van der Waals surface area (Å²) in [6.45, 7) is 5.11. The number of aliphatic hydroxyl groups excluding tert-OH is 1. The summed E-state index contributed by atoms with van der Waals surface area (Å²) in [6, 6.07) is 5.46. The molecule has 0 saturated carbocycles. The van der Waals surface area contributed by atoms with Crippen molar-refractivity contribution in [2.45, 2.75) is 26.7 Å². The molecular weight excluding hydrogens is 421 g/mol. The number of nitrogens with two attached hydrogens (primary N) is 1. The fraction of sp³-hybridized carbons (Fsp3) is 0.588. The topological polar surface area (TPSA) is 89.1 Å². The largest absolute Gasteiger partial charge is 0.493 e. The quantitative estimate of drug-likeness (QED) is 0.305. The maximum absolute atomic E-state index is 9.14. The molecular formula is C17H30IN3O3. The first-order valence-electron chi connectivity index (χ1n) is 7.90. The minimum absolute atomic E-state index is 0. The van der Waals surface area contributed by atoms with Crippen LogP contribution in [0.2, 0.25) is 0 Å². The minimum atomic E-state index is 0. The van der Waals surface area contributed by atoms with Gasteiger partial charge in [0.05, 0.1) is 14.2 Å². The normalized spacial score (nSPS) is 12.5. The summed E-state index contributed by atoms with van der Waals surface area (Å²) in [7, 11) is 3.18. The third-order valence-electron chi connectivity index (χ3n) is 3.52.